The molecule has 0 aliphatic heterocycles. The van der Waals surface area contributed by atoms with Crippen molar-refractivity contribution in [3.63, 3.8) is 0 Å². The van der Waals surface area contributed by atoms with Crippen LogP contribution < -0.4 is 0 Å². The zero-order valence-electron chi connectivity index (χ0n) is 17.0. The van der Waals surface area contributed by atoms with Crippen LogP contribution in [0.4, 0.5) is 0 Å². The molecule has 0 saturated carbocycles. The van der Waals surface area contributed by atoms with Crippen molar-refractivity contribution in [1.82, 2.24) is 19.5 Å². The van der Waals surface area contributed by atoms with Gasteiger partial charge in [-0.25, -0.2) is 15.0 Å². The van der Waals surface area contributed by atoms with Gasteiger partial charge in [-0.15, -0.1) is 0 Å². The Kier molecular flexibility index (Phi) is 4.14. The molecular formula is C24H21N5O. The first-order chi connectivity index (χ1) is 14.5. The minimum Gasteiger partial charge on any atom is -0.301 e. The first-order valence-corrected chi connectivity index (χ1v) is 10.1. The number of rotatable bonds is 2. The lowest BCUT2D eigenvalue weighted by Gasteiger charge is -2.41. The Bertz CT molecular complexity index is 1230. The van der Waals surface area contributed by atoms with Crippen molar-refractivity contribution >= 4 is 5.78 Å². The third-order valence-electron chi connectivity index (χ3n) is 6.52. The highest BCUT2D eigenvalue weighted by molar-refractivity contribution is 6.00. The van der Waals surface area contributed by atoms with Gasteiger partial charge >= 0.3 is 0 Å². The number of benzene rings is 1. The van der Waals surface area contributed by atoms with Gasteiger partial charge in [-0.2, -0.15) is 5.26 Å². The Morgan fingerprint density at radius 3 is 2.80 bits per heavy atom. The molecule has 2 aromatic heterocycles. The van der Waals surface area contributed by atoms with Gasteiger partial charge in [-0.3, -0.25) is 4.79 Å². The summed E-state index contributed by atoms with van der Waals surface area (Å²) in [5.74, 6) is 1.05. The smallest absolute Gasteiger partial charge is 0.173 e. The third kappa shape index (κ3) is 2.70. The zero-order chi connectivity index (χ0) is 20.9. The predicted octanol–water partition coefficient (Wildman–Crippen LogP) is 3.88. The fourth-order valence-corrected chi connectivity index (χ4v) is 4.97. The number of allylic oxidation sites excluding steroid dienone is 2. The molecule has 2 aliphatic carbocycles. The number of hydrogen-bond donors (Lipinski definition) is 0. The van der Waals surface area contributed by atoms with Gasteiger partial charge < -0.3 is 4.57 Å². The number of aryl methyl sites for hydroxylation is 1. The van der Waals surface area contributed by atoms with Gasteiger partial charge in [-0.05, 0) is 43.4 Å². The Balaban J connectivity index is 1.65. The summed E-state index contributed by atoms with van der Waals surface area (Å²) in [6, 6.07) is 10.4. The number of Topliss-reactive ketones (excluding diaryl/α,β-unsaturated/α-hetero) is 1. The van der Waals surface area contributed by atoms with Crippen LogP contribution in [0.3, 0.4) is 0 Å². The summed E-state index contributed by atoms with van der Waals surface area (Å²) in [7, 11) is 0. The van der Waals surface area contributed by atoms with Gasteiger partial charge in [0.05, 0.1) is 11.3 Å². The molecule has 0 N–H and O–H groups in total. The quantitative estimate of drug-likeness (QED) is 0.657. The molecule has 0 radical (unpaired) electrons. The number of carbonyl (C=O) groups is 1. The second-order valence-electron chi connectivity index (χ2n) is 8.28. The molecule has 2 aliphatic rings. The summed E-state index contributed by atoms with van der Waals surface area (Å²) in [6.45, 7) is 4.13. The van der Waals surface area contributed by atoms with Crippen LogP contribution in [0, 0.1) is 24.2 Å². The highest BCUT2D eigenvalue weighted by atomic mass is 16.1. The Morgan fingerprint density at radius 2 is 2.03 bits per heavy atom. The molecule has 148 valence electrons. The van der Waals surface area contributed by atoms with Gasteiger partial charge in [0.2, 0.25) is 0 Å². The molecule has 2 heterocycles. The third-order valence-corrected chi connectivity index (χ3v) is 6.52. The average molecular weight is 395 g/mol. The van der Waals surface area contributed by atoms with E-state index in [1.165, 1.54) is 6.33 Å². The number of hydrogen-bond acceptors (Lipinski definition) is 5. The van der Waals surface area contributed by atoms with Crippen LogP contribution in [-0.2, 0) is 16.6 Å². The summed E-state index contributed by atoms with van der Waals surface area (Å²) in [5, 5.41) is 9.42. The van der Waals surface area contributed by atoms with Crippen LogP contribution in [-0.4, -0.2) is 25.3 Å². The molecule has 5 rings (SSSR count). The topological polar surface area (TPSA) is 84.5 Å². The normalized spacial score (nSPS) is 22.6. The molecule has 6 heteroatoms. The van der Waals surface area contributed by atoms with Crippen molar-refractivity contribution in [3.8, 4) is 22.9 Å². The van der Waals surface area contributed by atoms with Crippen LogP contribution in [0.5, 0.6) is 0 Å². The second kappa shape index (κ2) is 6.74. The number of nitriles is 1. The van der Waals surface area contributed by atoms with Gasteiger partial charge in [-0.1, -0.05) is 25.1 Å². The number of imidazole rings is 1. The first kappa shape index (κ1) is 18.4. The largest absolute Gasteiger partial charge is 0.301 e. The number of nitrogens with zero attached hydrogens (tertiary/aromatic N) is 5. The summed E-state index contributed by atoms with van der Waals surface area (Å²) in [5.41, 5.74) is 5.07. The standard InChI is InChI=1S/C24H21N5O/c1-15-28-23-21(7-6-19-9-22(30)17(11-25)10-24(19,23)2)29(15)20-5-3-4-16(8-20)18-12-26-14-27-13-18/h3-5,8,10,12-14,19H,6-7,9H2,1-2H3. The van der Waals surface area contributed by atoms with E-state index in [4.69, 9.17) is 4.98 Å². The molecular weight excluding hydrogens is 374 g/mol. The van der Waals surface area contributed by atoms with E-state index < -0.39 is 5.41 Å². The Morgan fingerprint density at radius 1 is 1.23 bits per heavy atom. The van der Waals surface area contributed by atoms with E-state index in [0.717, 1.165) is 46.9 Å². The van der Waals surface area contributed by atoms with Crippen molar-refractivity contribution < 1.29 is 4.79 Å². The average Bonchev–Trinajstić information content (AvgIpc) is 3.12. The van der Waals surface area contributed by atoms with Crippen molar-refractivity contribution in [2.45, 2.75) is 38.5 Å². The number of aromatic nitrogens is 4. The lowest BCUT2D eigenvalue weighted by Crippen LogP contribution is -2.40. The molecule has 0 saturated heterocycles. The van der Waals surface area contributed by atoms with Crippen LogP contribution >= 0.6 is 0 Å². The summed E-state index contributed by atoms with van der Waals surface area (Å²) in [4.78, 5) is 25.5. The van der Waals surface area contributed by atoms with Gasteiger partial charge in [0.25, 0.3) is 0 Å². The summed E-state index contributed by atoms with van der Waals surface area (Å²) >= 11 is 0. The van der Waals surface area contributed by atoms with Crippen LogP contribution in [0.15, 0.2) is 54.6 Å². The van der Waals surface area contributed by atoms with Gasteiger partial charge in [0, 0.05) is 41.2 Å². The van der Waals surface area contributed by atoms with E-state index in [1.54, 1.807) is 12.4 Å². The van der Waals surface area contributed by atoms with E-state index in [1.807, 2.05) is 25.1 Å². The lowest BCUT2D eigenvalue weighted by atomic mass is 9.62. The van der Waals surface area contributed by atoms with Crippen molar-refractivity contribution in [3.05, 3.63) is 71.8 Å². The minimum absolute atomic E-state index is 0.0441. The van der Waals surface area contributed by atoms with Crippen LogP contribution in [0.1, 0.15) is 37.0 Å². The van der Waals surface area contributed by atoms with Crippen LogP contribution in [0.25, 0.3) is 16.8 Å². The maximum atomic E-state index is 12.3. The molecule has 2 unspecified atom stereocenters. The monoisotopic (exact) mass is 395 g/mol. The highest BCUT2D eigenvalue weighted by Gasteiger charge is 2.46. The van der Waals surface area contributed by atoms with E-state index in [2.05, 4.69) is 39.7 Å². The zero-order valence-corrected chi connectivity index (χ0v) is 17.0. The first-order valence-electron chi connectivity index (χ1n) is 10.1. The molecule has 0 fully saturated rings. The summed E-state index contributed by atoms with van der Waals surface area (Å²) in [6.07, 6.45) is 9.18. The maximum Gasteiger partial charge on any atom is 0.173 e. The molecule has 0 spiro atoms. The molecule has 30 heavy (non-hydrogen) atoms. The molecule has 1 aromatic carbocycles. The SMILES string of the molecule is Cc1nc2c(n1-c1cccc(-c3cncnc3)c1)CCC1CC(=O)C(C#N)=CC21C. The van der Waals surface area contributed by atoms with Crippen molar-refractivity contribution in [2.24, 2.45) is 5.92 Å². The fraction of sp³-hybridized carbons (Fsp3) is 0.292. The molecule has 3 aromatic rings. The number of ketones is 1. The van der Waals surface area contributed by atoms with Gasteiger partial charge in [0.15, 0.2) is 5.78 Å². The molecule has 6 nitrogen and oxygen atoms in total. The number of fused-ring (bicyclic) bond motifs is 3. The molecule has 0 bridgehead atoms. The van der Waals surface area contributed by atoms with Crippen molar-refractivity contribution in [2.75, 3.05) is 0 Å². The molecule has 0 amide bonds. The Labute approximate surface area is 174 Å². The molecule has 2 atom stereocenters. The van der Waals surface area contributed by atoms with Crippen LogP contribution in [0.2, 0.25) is 0 Å². The van der Waals surface area contributed by atoms with E-state index in [-0.39, 0.29) is 17.3 Å². The van der Waals surface area contributed by atoms with E-state index in [9.17, 15) is 10.1 Å². The fourth-order valence-electron chi connectivity index (χ4n) is 4.97. The van der Waals surface area contributed by atoms with Gasteiger partial charge in [0.1, 0.15) is 18.2 Å². The highest BCUT2D eigenvalue weighted by Crippen LogP contribution is 2.47. The predicted molar refractivity (Wildman–Crippen MR) is 112 cm³/mol. The summed E-state index contributed by atoms with van der Waals surface area (Å²) < 4.78 is 2.21. The lowest BCUT2D eigenvalue weighted by molar-refractivity contribution is -0.117. The minimum atomic E-state index is -0.395. The maximum absolute atomic E-state index is 12.3. The van der Waals surface area contributed by atoms with E-state index >= 15 is 0 Å². The van der Waals surface area contributed by atoms with Crippen molar-refractivity contribution in [1.29, 1.82) is 5.26 Å². The Hall–Kier alpha value is -3.59. The van der Waals surface area contributed by atoms with E-state index in [0.29, 0.717) is 6.42 Å². The second-order valence-corrected chi connectivity index (χ2v) is 8.28. The number of carbonyl (C=O) groups excluding carboxylic acids is 1.